The van der Waals surface area contributed by atoms with Gasteiger partial charge in [-0.3, -0.25) is 14.4 Å². The summed E-state index contributed by atoms with van der Waals surface area (Å²) in [4.78, 5) is 34.8. The van der Waals surface area contributed by atoms with E-state index in [1.807, 2.05) is 0 Å². The first-order valence-corrected chi connectivity index (χ1v) is 9.61. The maximum Gasteiger partial charge on any atom is 0.303 e. The van der Waals surface area contributed by atoms with Gasteiger partial charge in [-0.15, -0.1) is 0 Å². The summed E-state index contributed by atoms with van der Waals surface area (Å²) in [5.41, 5.74) is 5.36. The molecule has 1 saturated heterocycles. The number of carbonyl (C=O) groups excluding carboxylic acids is 3. The molecule has 1 aliphatic rings. The van der Waals surface area contributed by atoms with Crippen molar-refractivity contribution in [3.8, 4) is 0 Å². The van der Waals surface area contributed by atoms with Crippen molar-refractivity contribution < 1.29 is 47.9 Å². The van der Waals surface area contributed by atoms with Crippen LogP contribution in [0.5, 0.6) is 0 Å². The third-order valence-electron chi connectivity index (χ3n) is 3.90. The fraction of sp³-hybridized carbons (Fsp3) is 0.833. The second-order valence-electron chi connectivity index (χ2n) is 6.62. The topological polar surface area (TPSA) is 165 Å². The third-order valence-corrected chi connectivity index (χ3v) is 3.90. The molecule has 174 valence electrons. The van der Waals surface area contributed by atoms with Crippen LogP contribution in [-0.2, 0) is 42.8 Å². The van der Waals surface area contributed by atoms with Gasteiger partial charge in [0.15, 0.2) is 18.7 Å². The number of hydrogen-bond acceptors (Lipinski definition) is 11. The minimum absolute atomic E-state index is 0.0930. The van der Waals surface area contributed by atoms with E-state index in [9.17, 15) is 19.5 Å². The van der Waals surface area contributed by atoms with Gasteiger partial charge in [0.2, 0.25) is 5.91 Å². The van der Waals surface area contributed by atoms with Gasteiger partial charge in [-0.05, 0) is 6.92 Å². The number of carbonyl (C=O) groups is 3. The zero-order valence-electron chi connectivity index (χ0n) is 17.7. The number of aliphatic hydroxyl groups is 1. The summed E-state index contributed by atoms with van der Waals surface area (Å²) in [6.45, 7) is 5.81. The molecule has 1 heterocycles. The van der Waals surface area contributed by atoms with E-state index < -0.39 is 54.8 Å². The smallest absolute Gasteiger partial charge is 0.303 e. The van der Waals surface area contributed by atoms with Crippen molar-refractivity contribution in [3.63, 3.8) is 0 Å². The van der Waals surface area contributed by atoms with Crippen molar-refractivity contribution in [2.75, 3.05) is 33.0 Å². The Morgan fingerprint density at radius 2 is 1.80 bits per heavy atom. The fourth-order valence-electron chi connectivity index (χ4n) is 2.90. The van der Waals surface area contributed by atoms with Gasteiger partial charge in [0.25, 0.3) is 0 Å². The molecule has 0 radical (unpaired) electrons. The molecule has 0 aromatic rings. The Kier molecular flexibility index (Phi) is 11.8. The molecule has 0 aliphatic carbocycles. The van der Waals surface area contributed by atoms with Gasteiger partial charge in [-0.1, -0.05) is 0 Å². The molecule has 0 spiro atoms. The lowest BCUT2D eigenvalue weighted by atomic mass is 9.96. The van der Waals surface area contributed by atoms with Crippen molar-refractivity contribution in [3.05, 3.63) is 0 Å². The highest BCUT2D eigenvalue weighted by atomic mass is 16.7. The predicted molar refractivity (Wildman–Crippen MR) is 101 cm³/mol. The summed E-state index contributed by atoms with van der Waals surface area (Å²) < 4.78 is 32.7. The Bertz CT molecular complexity index is 559. The molecule has 30 heavy (non-hydrogen) atoms. The fourth-order valence-corrected chi connectivity index (χ4v) is 2.90. The van der Waals surface area contributed by atoms with Gasteiger partial charge in [0.05, 0.1) is 19.8 Å². The van der Waals surface area contributed by atoms with Crippen molar-refractivity contribution in [1.82, 2.24) is 5.32 Å². The maximum absolute atomic E-state index is 11.8. The summed E-state index contributed by atoms with van der Waals surface area (Å²) in [6.07, 6.45) is -5.43. The monoisotopic (exact) mass is 436 g/mol. The van der Waals surface area contributed by atoms with Crippen LogP contribution in [0, 0.1) is 0 Å². The van der Waals surface area contributed by atoms with Gasteiger partial charge in [0.1, 0.15) is 24.9 Å². The first kappa shape index (κ1) is 26.2. The zero-order chi connectivity index (χ0) is 22.7. The largest absolute Gasteiger partial charge is 0.463 e. The van der Waals surface area contributed by atoms with E-state index in [2.05, 4.69) is 5.32 Å². The van der Waals surface area contributed by atoms with Crippen LogP contribution in [0.4, 0.5) is 0 Å². The highest BCUT2D eigenvalue weighted by Crippen LogP contribution is 2.28. The van der Waals surface area contributed by atoms with E-state index in [1.165, 1.54) is 27.7 Å². The predicted octanol–water partition coefficient (Wildman–Crippen LogP) is -1.57. The molecule has 0 bridgehead atoms. The number of aliphatic hydroxyl groups excluding tert-OH is 1. The Morgan fingerprint density at radius 1 is 1.10 bits per heavy atom. The Labute approximate surface area is 175 Å². The van der Waals surface area contributed by atoms with Crippen LogP contribution in [0.15, 0.2) is 0 Å². The lowest BCUT2D eigenvalue weighted by molar-refractivity contribution is -0.300. The van der Waals surface area contributed by atoms with Gasteiger partial charge in [-0.2, -0.15) is 0 Å². The van der Waals surface area contributed by atoms with Crippen LogP contribution in [-0.4, -0.2) is 92.9 Å². The van der Waals surface area contributed by atoms with E-state index in [4.69, 9.17) is 34.2 Å². The van der Waals surface area contributed by atoms with Crippen molar-refractivity contribution >= 4 is 17.8 Å². The Balaban J connectivity index is 3.11. The third kappa shape index (κ3) is 9.32. The molecule has 12 heteroatoms. The summed E-state index contributed by atoms with van der Waals surface area (Å²) in [5, 5.41) is 12.4. The number of esters is 2. The minimum atomic E-state index is -1.25. The number of nitrogens with two attached hydrogens (primary N) is 1. The molecule has 0 aromatic carbocycles. The lowest BCUT2D eigenvalue weighted by Crippen LogP contribution is -2.66. The highest BCUT2D eigenvalue weighted by molar-refractivity contribution is 5.73. The molecule has 1 aliphatic heterocycles. The maximum atomic E-state index is 11.8. The molecule has 0 aromatic heterocycles. The molecular weight excluding hydrogens is 404 g/mol. The normalized spacial score (nSPS) is 27.2. The van der Waals surface area contributed by atoms with Gasteiger partial charge < -0.3 is 44.6 Å². The zero-order valence-corrected chi connectivity index (χ0v) is 17.7. The Hall–Kier alpha value is -1.83. The second-order valence-corrected chi connectivity index (χ2v) is 6.62. The average Bonchev–Trinajstić information content (AvgIpc) is 2.63. The van der Waals surface area contributed by atoms with Crippen molar-refractivity contribution in [2.45, 2.75) is 64.6 Å². The molecule has 4 N–H and O–H groups in total. The molecule has 12 nitrogen and oxygen atoms in total. The summed E-state index contributed by atoms with van der Waals surface area (Å²) >= 11 is 0. The van der Waals surface area contributed by atoms with Crippen LogP contribution in [0.25, 0.3) is 0 Å². The summed E-state index contributed by atoms with van der Waals surface area (Å²) in [5.74, 6) is -1.63. The van der Waals surface area contributed by atoms with Crippen LogP contribution < -0.4 is 11.1 Å². The number of ether oxygens (including phenoxy) is 6. The molecule has 1 fully saturated rings. The second kappa shape index (κ2) is 13.5. The summed E-state index contributed by atoms with van der Waals surface area (Å²) in [7, 11) is 0. The number of amides is 1. The lowest BCUT2D eigenvalue weighted by Gasteiger charge is -2.45. The van der Waals surface area contributed by atoms with Gasteiger partial charge >= 0.3 is 11.9 Å². The van der Waals surface area contributed by atoms with E-state index in [1.54, 1.807) is 0 Å². The van der Waals surface area contributed by atoms with Crippen LogP contribution >= 0.6 is 0 Å². The van der Waals surface area contributed by atoms with Crippen LogP contribution in [0.2, 0.25) is 0 Å². The quantitative estimate of drug-likeness (QED) is 0.184. The van der Waals surface area contributed by atoms with Gasteiger partial charge in [-0.25, -0.2) is 0 Å². The van der Waals surface area contributed by atoms with E-state index in [-0.39, 0.29) is 19.8 Å². The highest BCUT2D eigenvalue weighted by Gasteiger charge is 2.50. The standard InChI is InChI=1S/C18H32N2O10/c1-10(21)20-15-17(29-13(4)24)16(28-12(3)23)14(9-27-11(2)22)30-18(15)26-8-7-25-6-5-19/h12,14-18,23H,5-9,19H2,1-4H3,(H,20,21). The van der Waals surface area contributed by atoms with Crippen molar-refractivity contribution in [2.24, 2.45) is 5.73 Å². The molecule has 0 saturated carbocycles. The minimum Gasteiger partial charge on any atom is -0.463 e. The number of nitrogens with one attached hydrogen (secondary N) is 1. The van der Waals surface area contributed by atoms with Crippen molar-refractivity contribution in [1.29, 1.82) is 0 Å². The van der Waals surface area contributed by atoms with E-state index >= 15 is 0 Å². The van der Waals surface area contributed by atoms with E-state index in [0.717, 1.165) is 0 Å². The molecular formula is C18H32N2O10. The number of hydrogen-bond donors (Lipinski definition) is 3. The summed E-state index contributed by atoms with van der Waals surface area (Å²) in [6, 6.07) is -0.960. The molecule has 1 rings (SSSR count). The number of rotatable bonds is 12. The average molecular weight is 436 g/mol. The molecule has 6 unspecified atom stereocenters. The first-order chi connectivity index (χ1) is 14.1. The van der Waals surface area contributed by atoms with Crippen LogP contribution in [0.3, 0.4) is 0 Å². The van der Waals surface area contributed by atoms with E-state index in [0.29, 0.717) is 13.2 Å². The van der Waals surface area contributed by atoms with Crippen LogP contribution in [0.1, 0.15) is 27.7 Å². The first-order valence-electron chi connectivity index (χ1n) is 9.61. The molecule has 6 atom stereocenters. The molecule has 1 amide bonds. The van der Waals surface area contributed by atoms with Gasteiger partial charge in [0, 0.05) is 27.3 Å². The Morgan fingerprint density at radius 3 is 2.33 bits per heavy atom. The SMILES string of the molecule is CC(=O)NC1C(OCCOCCN)OC(COC(C)=O)C(OC(C)O)C1OC(C)=O.